The molecular weight excluding hydrogens is 743 g/mol. The zero-order valence-corrected chi connectivity index (χ0v) is 33.1. The van der Waals surface area contributed by atoms with Crippen molar-refractivity contribution in [3.05, 3.63) is 224 Å². The van der Waals surface area contributed by atoms with E-state index in [-0.39, 0.29) is 0 Å². The molecule has 0 N–H and O–H groups in total. The Morgan fingerprint density at radius 2 is 0.885 bits per heavy atom. The van der Waals surface area contributed by atoms with Crippen LogP contribution < -0.4 is 4.90 Å². The third-order valence-corrected chi connectivity index (χ3v) is 12.1. The maximum atomic E-state index is 6.53. The quantitative estimate of drug-likeness (QED) is 0.161. The highest BCUT2D eigenvalue weighted by Gasteiger charge is 2.20. The Labute approximate surface area is 353 Å². The summed E-state index contributed by atoms with van der Waals surface area (Å²) in [5, 5.41) is 6.78. The van der Waals surface area contributed by atoms with Crippen LogP contribution in [0.5, 0.6) is 0 Å². The number of fused-ring (bicyclic) bond motifs is 8. The molecule has 0 aliphatic heterocycles. The number of hydrogen-bond donors (Lipinski definition) is 0. The van der Waals surface area contributed by atoms with Crippen LogP contribution in [0.25, 0.3) is 99.2 Å². The number of furan rings is 2. The van der Waals surface area contributed by atoms with Gasteiger partial charge in [0.2, 0.25) is 0 Å². The van der Waals surface area contributed by atoms with Gasteiger partial charge in [-0.3, -0.25) is 0 Å². The van der Waals surface area contributed by atoms with E-state index in [1.54, 1.807) is 0 Å². The second-order valence-electron chi connectivity index (χ2n) is 15.6. The van der Waals surface area contributed by atoms with Crippen LogP contribution in [0.3, 0.4) is 0 Å². The molecule has 0 spiro atoms. The third-order valence-electron chi connectivity index (χ3n) is 12.1. The van der Waals surface area contributed by atoms with E-state index in [0.717, 1.165) is 94.1 Å². The first-order chi connectivity index (χ1) is 30.2. The highest BCUT2D eigenvalue weighted by Crippen LogP contribution is 2.45. The van der Waals surface area contributed by atoms with E-state index in [0.29, 0.717) is 0 Å². The summed E-state index contributed by atoms with van der Waals surface area (Å²) < 4.78 is 12.8. The van der Waals surface area contributed by atoms with Crippen molar-refractivity contribution in [1.29, 1.82) is 0 Å². The molecule has 0 saturated heterocycles. The monoisotopic (exact) mass is 779 g/mol. The van der Waals surface area contributed by atoms with E-state index in [1.807, 2.05) is 12.1 Å². The molecule has 0 fully saturated rings. The van der Waals surface area contributed by atoms with Crippen LogP contribution in [0.15, 0.2) is 233 Å². The fourth-order valence-corrected chi connectivity index (χ4v) is 9.13. The van der Waals surface area contributed by atoms with Gasteiger partial charge in [0.25, 0.3) is 0 Å². The van der Waals surface area contributed by atoms with E-state index >= 15 is 0 Å². The zero-order valence-electron chi connectivity index (χ0n) is 33.1. The van der Waals surface area contributed by atoms with Gasteiger partial charge in [-0.1, -0.05) is 158 Å². The molecule has 10 aromatic carbocycles. The molecule has 61 heavy (non-hydrogen) atoms. The van der Waals surface area contributed by atoms with Crippen molar-refractivity contribution in [3.8, 4) is 44.5 Å². The van der Waals surface area contributed by atoms with Crippen molar-refractivity contribution in [3.63, 3.8) is 0 Å². The molecule has 0 amide bonds. The molecule has 12 aromatic rings. The molecule has 3 heteroatoms. The first kappa shape index (κ1) is 34.9. The van der Waals surface area contributed by atoms with Crippen LogP contribution in [0.4, 0.5) is 17.1 Å². The zero-order chi connectivity index (χ0) is 40.3. The lowest BCUT2D eigenvalue weighted by Gasteiger charge is -2.28. The second-order valence-corrected chi connectivity index (χ2v) is 15.6. The number of rotatable bonds is 7. The molecule has 0 atom stereocenters. The Hall–Kier alpha value is -8.14. The molecule has 0 aliphatic carbocycles. The van der Waals surface area contributed by atoms with E-state index < -0.39 is 0 Å². The Morgan fingerprint density at radius 3 is 1.70 bits per heavy atom. The van der Waals surface area contributed by atoms with Gasteiger partial charge < -0.3 is 13.7 Å². The Bertz CT molecular complexity index is 3580. The topological polar surface area (TPSA) is 29.5 Å². The van der Waals surface area contributed by atoms with Crippen molar-refractivity contribution in [2.75, 3.05) is 4.90 Å². The standard InChI is InChI=1S/C58H37NO2/c1-2-12-38(13-3-1)42-15-10-16-43(36-42)39-24-30-45(31-25-39)59(46-32-26-41(27-33-46)48-20-11-23-56-57(48)51-19-7-9-22-54(51)60-56)53-21-8-6-17-47(53)44-29-35-55-52(37-44)50-34-28-40-14-4-5-18-49(40)58(50)61-55/h1-37H. The SMILES string of the molecule is c1ccc(-c2cccc(-c3ccc(N(c4ccc(-c5cccc6oc7ccccc7c56)cc4)c4ccccc4-c4ccc5oc6c7ccccc7ccc6c5c4)cc3)c2)cc1. The largest absolute Gasteiger partial charge is 0.456 e. The molecule has 286 valence electrons. The normalized spacial score (nSPS) is 11.6. The first-order valence-electron chi connectivity index (χ1n) is 20.7. The molecule has 0 radical (unpaired) electrons. The lowest BCUT2D eigenvalue weighted by Crippen LogP contribution is -2.11. The van der Waals surface area contributed by atoms with Gasteiger partial charge in [-0.05, 0) is 111 Å². The van der Waals surface area contributed by atoms with Gasteiger partial charge in [0, 0.05) is 43.9 Å². The van der Waals surface area contributed by atoms with E-state index in [4.69, 9.17) is 8.83 Å². The Balaban J connectivity index is 0.991. The number of para-hydroxylation sites is 2. The Kier molecular flexibility index (Phi) is 8.17. The van der Waals surface area contributed by atoms with Crippen molar-refractivity contribution < 1.29 is 8.83 Å². The van der Waals surface area contributed by atoms with E-state index in [9.17, 15) is 0 Å². The lowest BCUT2D eigenvalue weighted by molar-refractivity contribution is 0.669. The first-order valence-corrected chi connectivity index (χ1v) is 20.7. The number of hydrogen-bond acceptors (Lipinski definition) is 3. The summed E-state index contributed by atoms with van der Waals surface area (Å²) in [7, 11) is 0. The fraction of sp³-hybridized carbons (Fsp3) is 0. The number of anilines is 3. The molecule has 2 heterocycles. The van der Waals surface area contributed by atoms with Gasteiger partial charge in [-0.2, -0.15) is 0 Å². The predicted octanol–water partition coefficient (Wildman–Crippen LogP) is 16.8. The fourth-order valence-electron chi connectivity index (χ4n) is 9.13. The predicted molar refractivity (Wildman–Crippen MR) is 255 cm³/mol. The number of nitrogens with zero attached hydrogens (tertiary/aromatic N) is 1. The molecule has 2 aromatic heterocycles. The Morgan fingerprint density at radius 1 is 0.295 bits per heavy atom. The third kappa shape index (κ3) is 5.98. The number of benzene rings is 10. The van der Waals surface area contributed by atoms with Gasteiger partial charge in [-0.15, -0.1) is 0 Å². The maximum Gasteiger partial charge on any atom is 0.143 e. The summed E-state index contributed by atoms with van der Waals surface area (Å²) >= 11 is 0. The van der Waals surface area contributed by atoms with Crippen molar-refractivity contribution >= 4 is 71.7 Å². The smallest absolute Gasteiger partial charge is 0.143 e. The highest BCUT2D eigenvalue weighted by molar-refractivity contribution is 6.16. The molecule has 12 rings (SSSR count). The summed E-state index contributed by atoms with van der Waals surface area (Å²) in [5.74, 6) is 0. The van der Waals surface area contributed by atoms with E-state index in [1.165, 1.54) is 22.1 Å². The molecular formula is C58H37NO2. The van der Waals surface area contributed by atoms with Gasteiger partial charge in [-0.25, -0.2) is 0 Å². The van der Waals surface area contributed by atoms with Crippen molar-refractivity contribution in [1.82, 2.24) is 0 Å². The van der Waals surface area contributed by atoms with Crippen LogP contribution >= 0.6 is 0 Å². The summed E-state index contributed by atoms with van der Waals surface area (Å²) in [6.07, 6.45) is 0. The van der Waals surface area contributed by atoms with Gasteiger partial charge in [0.15, 0.2) is 0 Å². The summed E-state index contributed by atoms with van der Waals surface area (Å²) in [5.41, 5.74) is 16.1. The summed E-state index contributed by atoms with van der Waals surface area (Å²) in [6, 6.07) is 80.0. The van der Waals surface area contributed by atoms with Gasteiger partial charge in [0.1, 0.15) is 22.3 Å². The molecule has 0 unspecified atom stereocenters. The minimum Gasteiger partial charge on any atom is -0.456 e. The molecule has 0 bridgehead atoms. The van der Waals surface area contributed by atoms with Gasteiger partial charge >= 0.3 is 0 Å². The summed E-state index contributed by atoms with van der Waals surface area (Å²) in [6.45, 7) is 0. The van der Waals surface area contributed by atoms with Gasteiger partial charge in [0.05, 0.1) is 5.69 Å². The lowest BCUT2D eigenvalue weighted by atomic mass is 9.97. The minimum absolute atomic E-state index is 0.882. The van der Waals surface area contributed by atoms with Crippen LogP contribution in [-0.2, 0) is 0 Å². The van der Waals surface area contributed by atoms with E-state index in [2.05, 4.69) is 217 Å². The minimum atomic E-state index is 0.882. The second kappa shape index (κ2) is 14.3. The molecule has 0 aliphatic rings. The van der Waals surface area contributed by atoms with Crippen LogP contribution in [0.2, 0.25) is 0 Å². The van der Waals surface area contributed by atoms with Crippen LogP contribution in [0, 0.1) is 0 Å². The van der Waals surface area contributed by atoms with Crippen LogP contribution in [-0.4, -0.2) is 0 Å². The van der Waals surface area contributed by atoms with Crippen molar-refractivity contribution in [2.45, 2.75) is 0 Å². The molecule has 3 nitrogen and oxygen atoms in total. The average Bonchev–Trinajstić information content (AvgIpc) is 3.91. The highest BCUT2D eigenvalue weighted by atomic mass is 16.3. The van der Waals surface area contributed by atoms with Crippen LogP contribution in [0.1, 0.15) is 0 Å². The average molecular weight is 780 g/mol. The van der Waals surface area contributed by atoms with Crippen molar-refractivity contribution in [2.24, 2.45) is 0 Å². The molecule has 0 saturated carbocycles. The summed E-state index contributed by atoms with van der Waals surface area (Å²) in [4.78, 5) is 2.38. The maximum absolute atomic E-state index is 6.53.